The quantitative estimate of drug-likeness (QED) is 0.501. The highest BCUT2D eigenvalue weighted by atomic mass is 35.5. The van der Waals surface area contributed by atoms with E-state index in [2.05, 4.69) is 4.98 Å². The molecule has 0 saturated heterocycles. The summed E-state index contributed by atoms with van der Waals surface area (Å²) < 4.78 is 47.1. The molecular formula is C19H16Cl2F3N3O. The van der Waals surface area contributed by atoms with Crippen molar-refractivity contribution in [3.63, 3.8) is 0 Å². The lowest BCUT2D eigenvalue weighted by atomic mass is 10.1. The molecule has 0 saturated carbocycles. The van der Waals surface area contributed by atoms with Crippen LogP contribution in [0.5, 0.6) is 0 Å². The van der Waals surface area contributed by atoms with Gasteiger partial charge in [-0.25, -0.2) is 4.98 Å². The van der Waals surface area contributed by atoms with E-state index in [4.69, 9.17) is 27.9 Å². The summed E-state index contributed by atoms with van der Waals surface area (Å²) in [7, 11) is 1.06. The molecule has 4 rings (SSSR count). The van der Waals surface area contributed by atoms with Gasteiger partial charge >= 0.3 is 6.18 Å². The van der Waals surface area contributed by atoms with Crippen LogP contribution in [0, 0.1) is 0 Å². The number of rotatable bonds is 3. The molecule has 1 atom stereocenters. The third-order valence-electron chi connectivity index (χ3n) is 4.80. The zero-order valence-electron chi connectivity index (χ0n) is 14.8. The summed E-state index contributed by atoms with van der Waals surface area (Å²) in [5, 5.41) is 0.966. The molecule has 9 heteroatoms. The molecule has 2 aromatic carbocycles. The number of benzene rings is 2. The lowest BCUT2D eigenvalue weighted by Gasteiger charge is -2.30. The molecule has 0 aliphatic carbocycles. The first-order chi connectivity index (χ1) is 13.3. The van der Waals surface area contributed by atoms with Crippen molar-refractivity contribution in [2.75, 3.05) is 18.6 Å². The fourth-order valence-corrected chi connectivity index (χ4v) is 4.19. The Balaban J connectivity index is 1.91. The van der Waals surface area contributed by atoms with E-state index in [9.17, 15) is 13.2 Å². The maximum absolute atomic E-state index is 13.5. The molecule has 1 unspecified atom stereocenters. The lowest BCUT2D eigenvalue weighted by molar-refractivity contribution is -0.215. The van der Waals surface area contributed by atoms with Crippen LogP contribution in [0.15, 0.2) is 36.4 Å². The van der Waals surface area contributed by atoms with Gasteiger partial charge in [0.05, 0.1) is 21.7 Å². The van der Waals surface area contributed by atoms with Crippen LogP contribution >= 0.6 is 23.2 Å². The minimum absolute atomic E-state index is 0.0512. The topological polar surface area (TPSA) is 30.3 Å². The van der Waals surface area contributed by atoms with Gasteiger partial charge in [-0.1, -0.05) is 35.3 Å². The highest BCUT2D eigenvalue weighted by Crippen LogP contribution is 2.42. The van der Waals surface area contributed by atoms with Crippen LogP contribution < -0.4 is 4.90 Å². The average molecular weight is 430 g/mol. The summed E-state index contributed by atoms with van der Waals surface area (Å²) in [6, 6.07) is 9.85. The van der Waals surface area contributed by atoms with E-state index in [1.54, 1.807) is 34.9 Å². The number of anilines is 2. The summed E-state index contributed by atoms with van der Waals surface area (Å²) in [5.41, 5.74) is 1.67. The standard InChI is InChI=1S/C19H16Cl2F3N3O/c1-28-17(19(22,23)24)12-4-2-5-14-16(12)27-9-3-8-26(18(27)25-14)15-7-6-11(20)10-13(15)21/h2,4-7,10,17H,3,8-9H2,1H3. The van der Waals surface area contributed by atoms with Gasteiger partial charge in [0.1, 0.15) is 0 Å². The number of imidazole rings is 1. The molecular weight excluding hydrogens is 414 g/mol. The van der Waals surface area contributed by atoms with Crippen molar-refractivity contribution in [3.05, 3.63) is 52.0 Å². The summed E-state index contributed by atoms with van der Waals surface area (Å²) in [5.74, 6) is 0.551. The van der Waals surface area contributed by atoms with Crippen LogP contribution in [0.25, 0.3) is 11.0 Å². The normalized spacial score (nSPS) is 15.7. The number of nitrogens with zero attached hydrogens (tertiary/aromatic N) is 3. The van der Waals surface area contributed by atoms with Crippen LogP contribution in [-0.4, -0.2) is 29.4 Å². The number of alkyl halides is 3. The molecule has 0 N–H and O–H groups in total. The molecule has 0 spiro atoms. The molecule has 1 aliphatic heterocycles. The Morgan fingerprint density at radius 2 is 1.93 bits per heavy atom. The second-order valence-electron chi connectivity index (χ2n) is 6.54. The first-order valence-corrected chi connectivity index (χ1v) is 9.38. The number of halogens is 5. The van der Waals surface area contributed by atoms with Crippen LogP contribution in [0.4, 0.5) is 24.8 Å². The van der Waals surface area contributed by atoms with Gasteiger partial charge in [0.25, 0.3) is 0 Å². The number of ether oxygens (including phenoxy) is 1. The number of fused-ring (bicyclic) bond motifs is 3. The first-order valence-electron chi connectivity index (χ1n) is 8.62. The Bertz CT molecular complexity index is 1040. The van der Waals surface area contributed by atoms with E-state index in [0.29, 0.717) is 45.8 Å². The largest absolute Gasteiger partial charge is 0.418 e. The molecule has 0 radical (unpaired) electrons. The van der Waals surface area contributed by atoms with Crippen molar-refractivity contribution < 1.29 is 17.9 Å². The monoisotopic (exact) mass is 429 g/mol. The number of hydrogen-bond acceptors (Lipinski definition) is 3. The minimum atomic E-state index is -4.53. The van der Waals surface area contributed by atoms with Crippen LogP contribution in [-0.2, 0) is 11.3 Å². The van der Waals surface area contributed by atoms with Gasteiger partial charge in [0, 0.05) is 30.8 Å². The van der Waals surface area contributed by atoms with Gasteiger partial charge in [-0.15, -0.1) is 0 Å². The van der Waals surface area contributed by atoms with Gasteiger partial charge < -0.3 is 14.2 Å². The van der Waals surface area contributed by atoms with Crippen molar-refractivity contribution in [2.24, 2.45) is 0 Å². The van der Waals surface area contributed by atoms with Gasteiger partial charge in [-0.05, 0) is 30.7 Å². The van der Waals surface area contributed by atoms with E-state index in [1.807, 2.05) is 4.90 Å². The highest BCUT2D eigenvalue weighted by Gasteiger charge is 2.43. The predicted octanol–water partition coefficient (Wildman–Crippen LogP) is 6.13. The van der Waals surface area contributed by atoms with Crippen LogP contribution in [0.2, 0.25) is 10.0 Å². The van der Waals surface area contributed by atoms with Crippen molar-refractivity contribution in [3.8, 4) is 0 Å². The van der Waals surface area contributed by atoms with Crippen molar-refractivity contribution in [2.45, 2.75) is 25.2 Å². The van der Waals surface area contributed by atoms with Gasteiger partial charge in [0.15, 0.2) is 6.10 Å². The Morgan fingerprint density at radius 3 is 2.61 bits per heavy atom. The van der Waals surface area contributed by atoms with E-state index >= 15 is 0 Å². The Hall–Kier alpha value is -1.96. The predicted molar refractivity (Wildman–Crippen MR) is 104 cm³/mol. The molecule has 0 amide bonds. The van der Waals surface area contributed by atoms with Crippen LogP contribution in [0.1, 0.15) is 18.1 Å². The SMILES string of the molecule is COC(c1cccc2nc3n(c12)CCCN3c1ccc(Cl)cc1Cl)C(F)(F)F. The second-order valence-corrected chi connectivity index (χ2v) is 7.38. The van der Waals surface area contributed by atoms with E-state index in [1.165, 1.54) is 6.07 Å². The Labute approximate surface area is 169 Å². The molecule has 3 aromatic rings. The molecule has 148 valence electrons. The van der Waals surface area contributed by atoms with E-state index in [0.717, 1.165) is 13.5 Å². The van der Waals surface area contributed by atoms with Gasteiger partial charge in [-0.3, -0.25) is 0 Å². The second kappa shape index (κ2) is 7.13. The zero-order valence-corrected chi connectivity index (χ0v) is 16.3. The van der Waals surface area contributed by atoms with E-state index < -0.39 is 12.3 Å². The molecule has 0 bridgehead atoms. The fourth-order valence-electron chi connectivity index (χ4n) is 3.68. The summed E-state index contributed by atoms with van der Waals surface area (Å²) in [6.45, 7) is 1.20. The van der Waals surface area contributed by atoms with E-state index in [-0.39, 0.29) is 5.56 Å². The molecule has 28 heavy (non-hydrogen) atoms. The smallest absolute Gasteiger partial charge is 0.367 e. The third kappa shape index (κ3) is 3.21. The number of methoxy groups -OCH3 is 1. The summed E-state index contributed by atoms with van der Waals surface area (Å²) >= 11 is 12.4. The molecule has 1 aliphatic rings. The average Bonchev–Trinajstić information content (AvgIpc) is 3.01. The zero-order chi connectivity index (χ0) is 20.1. The maximum atomic E-state index is 13.5. The van der Waals surface area contributed by atoms with Crippen molar-refractivity contribution >= 4 is 45.9 Å². The minimum Gasteiger partial charge on any atom is -0.367 e. The summed E-state index contributed by atoms with van der Waals surface area (Å²) in [6.07, 6.45) is -5.82. The first kappa shape index (κ1) is 19.4. The lowest BCUT2D eigenvalue weighted by Crippen LogP contribution is -2.29. The van der Waals surface area contributed by atoms with Crippen molar-refractivity contribution in [1.29, 1.82) is 0 Å². The molecule has 4 nitrogen and oxygen atoms in total. The number of para-hydroxylation sites is 1. The molecule has 0 fully saturated rings. The molecule has 1 aromatic heterocycles. The maximum Gasteiger partial charge on any atom is 0.418 e. The highest BCUT2D eigenvalue weighted by molar-refractivity contribution is 6.36. The summed E-state index contributed by atoms with van der Waals surface area (Å²) in [4.78, 5) is 6.51. The number of aromatic nitrogens is 2. The van der Waals surface area contributed by atoms with Crippen molar-refractivity contribution in [1.82, 2.24) is 9.55 Å². The van der Waals surface area contributed by atoms with Crippen LogP contribution in [0.3, 0.4) is 0 Å². The van der Waals surface area contributed by atoms with Gasteiger partial charge in [0.2, 0.25) is 5.95 Å². The Morgan fingerprint density at radius 1 is 1.14 bits per heavy atom. The Kier molecular flexibility index (Phi) is 4.93. The number of hydrogen-bond donors (Lipinski definition) is 0. The van der Waals surface area contributed by atoms with Gasteiger partial charge in [-0.2, -0.15) is 13.2 Å². The molecule has 2 heterocycles. The number of aryl methyl sites for hydroxylation is 1. The third-order valence-corrected chi connectivity index (χ3v) is 5.34. The fraction of sp³-hybridized carbons (Fsp3) is 0.316.